The molecule has 0 aromatic carbocycles. The molecule has 2 saturated heterocycles. The van der Waals surface area contributed by atoms with Crippen molar-refractivity contribution in [2.75, 3.05) is 0 Å². The van der Waals surface area contributed by atoms with Crippen LogP contribution in [0.1, 0.15) is 66.7 Å². The molecule has 0 aromatic rings. The minimum absolute atomic E-state index is 0.0510. The molecule has 0 N–H and O–H groups in total. The monoisotopic (exact) mass is 376 g/mol. The van der Waals surface area contributed by atoms with Crippen molar-refractivity contribution < 1.29 is 23.8 Å². The number of carbonyl (C=O) groups is 2. The minimum Gasteiger partial charge on any atom is -0.462 e. The zero-order chi connectivity index (χ0) is 19.4. The lowest BCUT2D eigenvalue weighted by atomic mass is 9.45. The highest BCUT2D eigenvalue weighted by Gasteiger charge is 2.77. The van der Waals surface area contributed by atoms with E-state index in [4.69, 9.17) is 14.2 Å². The summed E-state index contributed by atoms with van der Waals surface area (Å²) < 4.78 is 17.2. The van der Waals surface area contributed by atoms with E-state index in [9.17, 15) is 9.59 Å². The molecular weight excluding hydrogens is 344 g/mol. The van der Waals surface area contributed by atoms with E-state index in [1.165, 1.54) is 19.8 Å². The second-order valence-corrected chi connectivity index (χ2v) is 10.8. The Bertz CT molecular complexity index is 701. The second-order valence-electron chi connectivity index (χ2n) is 10.8. The first kappa shape index (κ1) is 18.0. The van der Waals surface area contributed by atoms with Crippen molar-refractivity contribution in [1.82, 2.24) is 0 Å². The third kappa shape index (κ3) is 2.15. The van der Waals surface area contributed by atoms with Crippen LogP contribution in [-0.2, 0) is 23.8 Å². The fourth-order valence-electron chi connectivity index (χ4n) is 8.26. The summed E-state index contributed by atoms with van der Waals surface area (Å²) in [5.74, 6) is 1.13. The first-order valence-corrected chi connectivity index (χ1v) is 10.6. The number of ether oxygens (including phenoxy) is 3. The number of esters is 2. The van der Waals surface area contributed by atoms with Crippen molar-refractivity contribution in [1.29, 1.82) is 0 Å². The van der Waals surface area contributed by atoms with Crippen LogP contribution < -0.4 is 0 Å². The van der Waals surface area contributed by atoms with Gasteiger partial charge in [-0.2, -0.15) is 0 Å². The number of hydrogen-bond acceptors (Lipinski definition) is 5. The maximum absolute atomic E-state index is 12.9. The van der Waals surface area contributed by atoms with Crippen LogP contribution in [0.4, 0.5) is 0 Å². The standard InChI is InChI=1S/C22H32O5/c1-11-13-9-15(25-12(2)23)16-20(3,4)7-6-8-21(16,5)14(13)10-22(11)17-18(26-17)27-19(22)24/h11,13-18H,6-10H2,1-5H3/t11-,13+,14+,15-,16+,17-,18-,21-,22-/m1/s1. The van der Waals surface area contributed by atoms with Crippen molar-refractivity contribution in [3.8, 4) is 0 Å². The van der Waals surface area contributed by atoms with E-state index >= 15 is 0 Å². The van der Waals surface area contributed by atoms with Crippen molar-refractivity contribution >= 4 is 11.9 Å². The molecule has 1 spiro atoms. The molecule has 3 saturated carbocycles. The molecule has 0 unspecified atom stereocenters. The van der Waals surface area contributed by atoms with E-state index in [1.807, 2.05) is 0 Å². The molecule has 0 aromatic heterocycles. The van der Waals surface area contributed by atoms with E-state index in [0.29, 0.717) is 17.8 Å². The highest BCUT2D eigenvalue weighted by Crippen LogP contribution is 2.72. The Labute approximate surface area is 161 Å². The average Bonchev–Trinajstić information content (AvgIpc) is 3.17. The quantitative estimate of drug-likeness (QED) is 0.516. The van der Waals surface area contributed by atoms with Crippen LogP contribution in [0.3, 0.4) is 0 Å². The Kier molecular flexibility index (Phi) is 3.51. The van der Waals surface area contributed by atoms with Crippen LogP contribution >= 0.6 is 0 Å². The summed E-state index contributed by atoms with van der Waals surface area (Å²) in [7, 11) is 0. The Balaban J connectivity index is 1.57. The van der Waals surface area contributed by atoms with Gasteiger partial charge in [0.15, 0.2) is 0 Å². The number of epoxide rings is 1. The van der Waals surface area contributed by atoms with Gasteiger partial charge in [0.25, 0.3) is 0 Å². The van der Waals surface area contributed by atoms with Crippen LogP contribution in [0.25, 0.3) is 0 Å². The van der Waals surface area contributed by atoms with Crippen LogP contribution in [0.5, 0.6) is 0 Å². The molecular formula is C22H32O5. The summed E-state index contributed by atoms with van der Waals surface area (Å²) in [5.41, 5.74) is -0.276. The molecule has 3 aliphatic carbocycles. The van der Waals surface area contributed by atoms with Gasteiger partial charge in [-0.25, -0.2) is 0 Å². The zero-order valence-electron chi connectivity index (χ0n) is 17.1. The summed E-state index contributed by atoms with van der Waals surface area (Å²) in [6.07, 6.45) is 4.81. The van der Waals surface area contributed by atoms with Crippen molar-refractivity contribution in [3.63, 3.8) is 0 Å². The summed E-state index contributed by atoms with van der Waals surface area (Å²) in [5, 5.41) is 0. The topological polar surface area (TPSA) is 65.1 Å². The first-order valence-electron chi connectivity index (χ1n) is 10.6. The maximum Gasteiger partial charge on any atom is 0.317 e. The first-order chi connectivity index (χ1) is 12.6. The van der Waals surface area contributed by atoms with E-state index in [0.717, 1.165) is 19.3 Å². The van der Waals surface area contributed by atoms with Gasteiger partial charge in [-0.1, -0.05) is 34.1 Å². The van der Waals surface area contributed by atoms with E-state index in [-0.39, 0.29) is 47.2 Å². The van der Waals surface area contributed by atoms with Crippen LogP contribution in [-0.4, -0.2) is 30.4 Å². The van der Waals surface area contributed by atoms with Crippen molar-refractivity contribution in [2.45, 2.75) is 85.2 Å². The molecule has 9 atom stereocenters. The number of carbonyl (C=O) groups excluding carboxylic acids is 2. The molecule has 27 heavy (non-hydrogen) atoms. The van der Waals surface area contributed by atoms with Gasteiger partial charge in [-0.15, -0.1) is 0 Å². The molecule has 0 radical (unpaired) electrons. The Hall–Kier alpha value is -1.10. The van der Waals surface area contributed by atoms with Gasteiger partial charge in [0.05, 0.1) is 0 Å². The van der Waals surface area contributed by atoms with Crippen molar-refractivity contribution in [2.24, 2.45) is 39.9 Å². The Morgan fingerprint density at radius 3 is 2.59 bits per heavy atom. The predicted molar refractivity (Wildman–Crippen MR) is 97.3 cm³/mol. The van der Waals surface area contributed by atoms with Gasteiger partial charge in [0.1, 0.15) is 17.6 Å². The predicted octanol–water partition coefficient (Wildman–Crippen LogP) is 3.69. The van der Waals surface area contributed by atoms with Gasteiger partial charge >= 0.3 is 11.9 Å². The maximum atomic E-state index is 12.9. The molecule has 0 amide bonds. The smallest absolute Gasteiger partial charge is 0.317 e. The fraction of sp³-hybridized carbons (Fsp3) is 0.909. The molecule has 5 heteroatoms. The van der Waals surface area contributed by atoms with E-state index < -0.39 is 5.41 Å². The van der Waals surface area contributed by atoms with Crippen LogP contribution in [0.15, 0.2) is 0 Å². The van der Waals surface area contributed by atoms with Crippen molar-refractivity contribution in [3.05, 3.63) is 0 Å². The Morgan fingerprint density at radius 1 is 1.22 bits per heavy atom. The fourth-order valence-corrected chi connectivity index (χ4v) is 8.26. The van der Waals surface area contributed by atoms with Gasteiger partial charge in [0, 0.05) is 12.8 Å². The SMILES string of the molecule is CC(=O)O[C@@H]1C[C@H]2[C@@H](C)[C@@]3(C[C@@H]2[C@@]2(C)CCCC(C)(C)[C@H]12)C(=O)O[C@H]1O[C@H]13. The van der Waals surface area contributed by atoms with Crippen LogP contribution in [0, 0.1) is 39.9 Å². The summed E-state index contributed by atoms with van der Waals surface area (Å²) in [4.78, 5) is 24.8. The molecule has 5 aliphatic rings. The van der Waals surface area contributed by atoms with Gasteiger partial charge < -0.3 is 14.2 Å². The summed E-state index contributed by atoms with van der Waals surface area (Å²) >= 11 is 0. The van der Waals surface area contributed by atoms with E-state index in [2.05, 4.69) is 27.7 Å². The molecule has 0 bridgehead atoms. The molecule has 5 nitrogen and oxygen atoms in total. The lowest BCUT2D eigenvalue weighted by Crippen LogP contribution is -2.57. The molecule has 150 valence electrons. The zero-order valence-corrected chi connectivity index (χ0v) is 17.1. The Morgan fingerprint density at radius 2 is 1.96 bits per heavy atom. The normalized spacial score (nSPS) is 54.7. The number of fused-ring (bicyclic) bond motifs is 5. The highest BCUT2D eigenvalue weighted by molar-refractivity contribution is 5.82. The molecule has 2 aliphatic heterocycles. The third-order valence-corrected chi connectivity index (χ3v) is 9.22. The number of hydrogen-bond donors (Lipinski definition) is 0. The second kappa shape index (κ2) is 5.28. The summed E-state index contributed by atoms with van der Waals surface area (Å²) in [6, 6.07) is 0. The van der Waals surface area contributed by atoms with Gasteiger partial charge in [-0.05, 0) is 54.3 Å². The highest BCUT2D eigenvalue weighted by atomic mass is 16.8. The lowest BCUT2D eigenvalue weighted by molar-refractivity contribution is -0.186. The van der Waals surface area contributed by atoms with Crippen LogP contribution in [0.2, 0.25) is 0 Å². The van der Waals surface area contributed by atoms with E-state index in [1.54, 1.807) is 0 Å². The van der Waals surface area contributed by atoms with Gasteiger partial charge in [0.2, 0.25) is 6.29 Å². The number of rotatable bonds is 1. The largest absolute Gasteiger partial charge is 0.462 e. The third-order valence-electron chi connectivity index (χ3n) is 9.22. The summed E-state index contributed by atoms with van der Waals surface area (Å²) in [6.45, 7) is 10.8. The van der Waals surface area contributed by atoms with Gasteiger partial charge in [-0.3, -0.25) is 9.59 Å². The molecule has 2 heterocycles. The molecule has 5 rings (SSSR count). The minimum atomic E-state index is -0.486. The lowest BCUT2D eigenvalue weighted by Gasteiger charge is -2.60. The average molecular weight is 376 g/mol. The molecule has 5 fully saturated rings.